The van der Waals surface area contributed by atoms with Crippen LogP contribution in [0.1, 0.15) is 55.6 Å². The Balaban J connectivity index is 1.21. The minimum Gasteiger partial charge on any atom is -0.309 e. The molecule has 0 atom stereocenters. The van der Waals surface area contributed by atoms with Crippen LogP contribution in [0.15, 0.2) is 182 Å². The van der Waals surface area contributed by atoms with E-state index in [1.807, 2.05) is 18.2 Å². The van der Waals surface area contributed by atoms with Crippen LogP contribution in [-0.4, -0.2) is 9.13 Å². The minimum atomic E-state index is 0.526. The summed E-state index contributed by atoms with van der Waals surface area (Å²) in [6.07, 6.45) is 0. The van der Waals surface area contributed by atoms with Gasteiger partial charge in [-0.3, -0.25) is 0 Å². The zero-order valence-corrected chi connectivity index (χ0v) is 43.1. The van der Waals surface area contributed by atoms with Gasteiger partial charge in [0.2, 0.25) is 0 Å². The molecule has 0 bridgehead atoms. The van der Waals surface area contributed by atoms with Crippen molar-refractivity contribution in [1.82, 2.24) is 9.13 Å². The highest BCUT2D eigenvalue weighted by atomic mass is 15.0. The number of nitrogens with zero attached hydrogens (tertiary/aromatic N) is 4. The van der Waals surface area contributed by atoms with E-state index >= 15 is 0 Å². The first-order valence-corrected chi connectivity index (χ1v) is 25.4. The van der Waals surface area contributed by atoms with Crippen LogP contribution in [0, 0.1) is 78.1 Å². The van der Waals surface area contributed by atoms with E-state index in [2.05, 4.69) is 240 Å². The molecule has 0 unspecified atom stereocenters. The molecule has 0 aliphatic rings. The lowest BCUT2D eigenvalue weighted by atomic mass is 9.97. The Morgan fingerprint density at radius 1 is 0.284 bits per heavy atom. The summed E-state index contributed by atoms with van der Waals surface area (Å²) in [5.41, 5.74) is 27.2. The van der Waals surface area contributed by atoms with Gasteiger partial charge in [0.25, 0.3) is 0 Å². The molecule has 12 aromatic rings. The lowest BCUT2D eigenvalue weighted by molar-refractivity contribution is 1.14. The summed E-state index contributed by atoms with van der Waals surface area (Å²) in [6, 6.07) is 71.4. The Hall–Kier alpha value is -9.22. The first-order chi connectivity index (χ1) is 35.8. The van der Waals surface area contributed by atoms with Crippen molar-refractivity contribution >= 4 is 43.6 Å². The molecule has 74 heavy (non-hydrogen) atoms. The summed E-state index contributed by atoms with van der Waals surface area (Å²) in [4.78, 5) is 0. The van der Waals surface area contributed by atoms with Crippen LogP contribution in [0.5, 0.6) is 0 Å². The molecule has 0 amide bonds. The van der Waals surface area contributed by atoms with Gasteiger partial charge in [-0.2, -0.15) is 10.5 Å². The van der Waals surface area contributed by atoms with Crippen LogP contribution in [-0.2, 0) is 0 Å². The lowest BCUT2D eigenvalue weighted by Crippen LogP contribution is -2.04. The number of hydrogen-bond acceptors (Lipinski definition) is 2. The highest BCUT2D eigenvalue weighted by Crippen LogP contribution is 2.44. The zero-order chi connectivity index (χ0) is 51.1. The fourth-order valence-electron chi connectivity index (χ4n) is 11.9. The van der Waals surface area contributed by atoms with Crippen LogP contribution >= 0.6 is 0 Å². The third-order valence-electron chi connectivity index (χ3n) is 14.8. The third-order valence-corrected chi connectivity index (χ3v) is 14.8. The van der Waals surface area contributed by atoms with Crippen molar-refractivity contribution in [1.29, 1.82) is 10.5 Å². The molecule has 4 nitrogen and oxygen atoms in total. The van der Waals surface area contributed by atoms with E-state index in [0.29, 0.717) is 11.1 Å². The number of aromatic nitrogens is 2. The van der Waals surface area contributed by atoms with E-state index in [4.69, 9.17) is 0 Å². The molecule has 354 valence electrons. The molecule has 0 saturated carbocycles. The van der Waals surface area contributed by atoms with E-state index in [0.717, 1.165) is 111 Å². The number of rotatable bonds is 7. The van der Waals surface area contributed by atoms with Gasteiger partial charge in [-0.15, -0.1) is 0 Å². The molecule has 0 fully saturated rings. The first kappa shape index (κ1) is 45.9. The SMILES string of the molecule is Cc1cc(C)cc(-c2ccc3c4ccc(-c5cc(C)cc(C)c5)cc4n(-c4cc(-c5cccc(C#N)c5)c(-n5c6cc(-c7cc(C)cc(C)c7)ccc6c6ccc(-c7cc(C)cc(C)c7)cc65)cc4C#N)c3c2)c1. The predicted octanol–water partition coefficient (Wildman–Crippen LogP) is 18.4. The molecule has 0 aliphatic heterocycles. The molecule has 4 heteroatoms. The van der Waals surface area contributed by atoms with Crippen LogP contribution in [0.25, 0.3) is 111 Å². The second kappa shape index (κ2) is 17.8. The summed E-state index contributed by atoms with van der Waals surface area (Å²) >= 11 is 0. The second-order valence-corrected chi connectivity index (χ2v) is 20.8. The van der Waals surface area contributed by atoms with Crippen molar-refractivity contribution in [2.45, 2.75) is 55.4 Å². The zero-order valence-electron chi connectivity index (χ0n) is 43.1. The van der Waals surface area contributed by atoms with Crippen molar-refractivity contribution in [2.24, 2.45) is 0 Å². The Labute approximate surface area is 433 Å². The van der Waals surface area contributed by atoms with E-state index in [1.54, 1.807) is 0 Å². The van der Waals surface area contributed by atoms with Crippen LogP contribution in [0.4, 0.5) is 0 Å². The fourth-order valence-corrected chi connectivity index (χ4v) is 11.9. The molecular weight excluding hydrogens is 897 g/mol. The maximum absolute atomic E-state index is 11.7. The number of hydrogen-bond donors (Lipinski definition) is 0. The normalized spacial score (nSPS) is 11.5. The summed E-state index contributed by atoms with van der Waals surface area (Å²) in [5.74, 6) is 0. The van der Waals surface area contributed by atoms with Crippen molar-refractivity contribution in [3.63, 3.8) is 0 Å². The van der Waals surface area contributed by atoms with Crippen LogP contribution in [0.2, 0.25) is 0 Å². The lowest BCUT2D eigenvalue weighted by Gasteiger charge is -2.20. The van der Waals surface area contributed by atoms with Gasteiger partial charge in [-0.05, 0) is 154 Å². The average Bonchev–Trinajstić information content (AvgIpc) is 3.88. The van der Waals surface area contributed by atoms with Gasteiger partial charge in [-0.1, -0.05) is 178 Å². The van der Waals surface area contributed by atoms with Gasteiger partial charge < -0.3 is 9.13 Å². The average molecular weight is 951 g/mol. The quantitative estimate of drug-likeness (QED) is 0.160. The molecule has 12 rings (SSSR count). The number of benzene rings is 10. The van der Waals surface area contributed by atoms with Gasteiger partial charge in [-0.25, -0.2) is 0 Å². The molecule has 0 N–H and O–H groups in total. The van der Waals surface area contributed by atoms with Gasteiger partial charge in [0.1, 0.15) is 6.07 Å². The molecule has 0 saturated heterocycles. The molecule has 0 spiro atoms. The molecule has 2 heterocycles. The maximum Gasteiger partial charge on any atom is 0.101 e. The summed E-state index contributed by atoms with van der Waals surface area (Å²) < 4.78 is 4.68. The highest BCUT2D eigenvalue weighted by Gasteiger charge is 2.24. The maximum atomic E-state index is 11.7. The topological polar surface area (TPSA) is 57.4 Å². The van der Waals surface area contributed by atoms with E-state index < -0.39 is 0 Å². The summed E-state index contributed by atoms with van der Waals surface area (Å²) in [6.45, 7) is 17.2. The Bertz CT molecular complexity index is 4130. The van der Waals surface area contributed by atoms with Gasteiger partial charge in [0.15, 0.2) is 0 Å². The van der Waals surface area contributed by atoms with E-state index in [1.165, 1.54) is 44.5 Å². The third kappa shape index (κ3) is 8.03. The highest BCUT2D eigenvalue weighted by molar-refractivity contribution is 6.13. The van der Waals surface area contributed by atoms with Crippen molar-refractivity contribution in [3.8, 4) is 79.1 Å². The largest absolute Gasteiger partial charge is 0.309 e. The second-order valence-electron chi connectivity index (χ2n) is 20.8. The molecule has 0 radical (unpaired) electrons. The number of aryl methyl sites for hydroxylation is 8. The molecule has 2 aromatic heterocycles. The van der Waals surface area contributed by atoms with E-state index in [9.17, 15) is 10.5 Å². The van der Waals surface area contributed by atoms with Crippen LogP contribution in [0.3, 0.4) is 0 Å². The standard InChI is InChI=1S/C70H54N4/c1-41-20-42(2)25-55(24-41)50-12-16-60-61-17-13-51(56-26-43(3)21-44(4)27-56)34-67(61)73(66(60)33-50)65-38-64(54-11-9-10-49(32-54)39-71)70(37-59(65)40-72)74-68-35-52(57-28-45(5)22-46(6)29-57)14-18-62(68)63-19-15-53(36-69(63)74)58-30-47(7)23-48(8)31-58/h9-38H,1-8H3. The van der Waals surface area contributed by atoms with Crippen molar-refractivity contribution in [2.75, 3.05) is 0 Å². The monoisotopic (exact) mass is 950 g/mol. The summed E-state index contributed by atoms with van der Waals surface area (Å²) in [7, 11) is 0. The Kier molecular flexibility index (Phi) is 11.0. The Morgan fingerprint density at radius 2 is 0.622 bits per heavy atom. The molecular formula is C70H54N4. The smallest absolute Gasteiger partial charge is 0.101 e. The predicted molar refractivity (Wildman–Crippen MR) is 310 cm³/mol. The molecule has 0 aliphatic carbocycles. The fraction of sp³-hybridized carbons (Fsp3) is 0.114. The van der Waals surface area contributed by atoms with Crippen LogP contribution < -0.4 is 0 Å². The Morgan fingerprint density at radius 3 is 0.946 bits per heavy atom. The van der Waals surface area contributed by atoms with Gasteiger partial charge in [0.05, 0.1) is 50.6 Å². The van der Waals surface area contributed by atoms with Gasteiger partial charge >= 0.3 is 0 Å². The first-order valence-electron chi connectivity index (χ1n) is 25.4. The molecule has 10 aromatic carbocycles. The minimum absolute atomic E-state index is 0.526. The van der Waals surface area contributed by atoms with Gasteiger partial charge in [0, 0.05) is 27.1 Å². The van der Waals surface area contributed by atoms with Crippen molar-refractivity contribution < 1.29 is 0 Å². The van der Waals surface area contributed by atoms with Crippen molar-refractivity contribution in [3.05, 3.63) is 238 Å². The number of fused-ring (bicyclic) bond motifs is 6. The van der Waals surface area contributed by atoms with E-state index in [-0.39, 0.29) is 0 Å². The summed E-state index contributed by atoms with van der Waals surface area (Å²) in [5, 5.41) is 26.6. The number of nitriles is 2.